The van der Waals surface area contributed by atoms with Crippen molar-refractivity contribution in [2.75, 3.05) is 17.7 Å². The summed E-state index contributed by atoms with van der Waals surface area (Å²) in [6, 6.07) is 28.9. The number of nitrogens with zero attached hydrogens (tertiary/aromatic N) is 2. The molecule has 0 aliphatic rings. The van der Waals surface area contributed by atoms with E-state index < -0.39 is 11.9 Å². The van der Waals surface area contributed by atoms with E-state index in [0.29, 0.717) is 10.8 Å². The van der Waals surface area contributed by atoms with Crippen LogP contribution in [-0.4, -0.2) is 34.2 Å². The number of carbonyl (C=O) groups is 2. The van der Waals surface area contributed by atoms with Crippen molar-refractivity contribution in [2.24, 2.45) is 0 Å². The average Bonchev–Trinajstić information content (AvgIpc) is 2.88. The Bertz CT molecular complexity index is 1210. The first-order valence-electron chi connectivity index (χ1n) is 10.7. The highest BCUT2D eigenvalue weighted by molar-refractivity contribution is 7.99. The first kappa shape index (κ1) is 23.2. The Kier molecular flexibility index (Phi) is 7.67. The topological polar surface area (TPSA) is 81.2 Å². The average molecular weight is 470 g/mol. The number of rotatable bonds is 8. The summed E-state index contributed by atoms with van der Waals surface area (Å²) in [5.41, 5.74) is 5.19. The lowest BCUT2D eigenvalue weighted by Gasteiger charge is -2.09. The van der Waals surface area contributed by atoms with Gasteiger partial charge < -0.3 is 10.1 Å². The van der Waals surface area contributed by atoms with Gasteiger partial charge in [0.05, 0.1) is 17.1 Å². The van der Waals surface area contributed by atoms with Crippen LogP contribution in [0.4, 0.5) is 5.69 Å². The van der Waals surface area contributed by atoms with E-state index >= 15 is 0 Å². The summed E-state index contributed by atoms with van der Waals surface area (Å²) in [4.78, 5) is 33.6. The van der Waals surface area contributed by atoms with Crippen molar-refractivity contribution in [1.82, 2.24) is 9.97 Å². The Morgan fingerprint density at radius 2 is 1.38 bits per heavy atom. The van der Waals surface area contributed by atoms with Crippen LogP contribution in [0, 0.1) is 6.92 Å². The number of benzene rings is 3. The quantitative estimate of drug-likeness (QED) is 0.212. The molecule has 3 aromatic carbocycles. The molecule has 1 N–H and O–H groups in total. The van der Waals surface area contributed by atoms with Crippen LogP contribution in [0.2, 0.25) is 0 Å². The highest BCUT2D eigenvalue weighted by Crippen LogP contribution is 2.26. The van der Waals surface area contributed by atoms with Crippen LogP contribution in [0.25, 0.3) is 22.5 Å². The fourth-order valence-electron chi connectivity index (χ4n) is 3.15. The normalized spacial score (nSPS) is 10.5. The Morgan fingerprint density at radius 3 is 1.94 bits per heavy atom. The second kappa shape index (κ2) is 11.2. The summed E-state index contributed by atoms with van der Waals surface area (Å²) in [5.74, 6) is -0.917. The van der Waals surface area contributed by atoms with Crippen LogP contribution in [0.1, 0.15) is 5.56 Å². The molecule has 0 atom stereocenters. The second-order valence-electron chi connectivity index (χ2n) is 7.52. The fraction of sp³-hybridized carbons (Fsp3) is 0.111. The van der Waals surface area contributed by atoms with Gasteiger partial charge in [0.1, 0.15) is 0 Å². The van der Waals surface area contributed by atoms with Crippen LogP contribution in [0.3, 0.4) is 0 Å². The number of ether oxygens (including phenoxy) is 1. The second-order valence-corrected chi connectivity index (χ2v) is 8.46. The Hall–Kier alpha value is -3.97. The maximum atomic E-state index is 12.2. The lowest BCUT2D eigenvalue weighted by molar-refractivity contribution is -0.144. The molecule has 1 heterocycles. The molecule has 6 nitrogen and oxygen atoms in total. The third-order valence-electron chi connectivity index (χ3n) is 4.86. The highest BCUT2D eigenvalue weighted by atomic mass is 32.2. The van der Waals surface area contributed by atoms with E-state index in [-0.39, 0.29) is 12.4 Å². The smallest absolute Gasteiger partial charge is 0.316 e. The number of carbonyl (C=O) groups excluding carboxylic acids is 2. The first-order chi connectivity index (χ1) is 16.6. The van der Waals surface area contributed by atoms with E-state index in [1.54, 1.807) is 12.1 Å². The number of amides is 1. The van der Waals surface area contributed by atoms with E-state index in [1.165, 1.54) is 11.8 Å². The van der Waals surface area contributed by atoms with Gasteiger partial charge in [0.15, 0.2) is 11.8 Å². The zero-order valence-electron chi connectivity index (χ0n) is 18.6. The van der Waals surface area contributed by atoms with Crippen molar-refractivity contribution in [3.05, 3.63) is 96.6 Å². The molecule has 0 spiro atoms. The van der Waals surface area contributed by atoms with Crippen LogP contribution >= 0.6 is 11.8 Å². The van der Waals surface area contributed by atoms with Gasteiger partial charge in [0, 0.05) is 16.8 Å². The summed E-state index contributed by atoms with van der Waals surface area (Å²) < 4.78 is 5.12. The molecule has 0 unspecified atom stereocenters. The Balaban J connectivity index is 1.40. The molecule has 0 fully saturated rings. The molecule has 7 heteroatoms. The molecule has 1 amide bonds. The SMILES string of the molecule is Cc1ccc(NC(=O)COC(=O)CSc2nc(-c3ccccc3)cc(-c3ccccc3)n2)cc1. The van der Waals surface area contributed by atoms with Gasteiger partial charge in [-0.15, -0.1) is 0 Å². The molecule has 34 heavy (non-hydrogen) atoms. The predicted molar refractivity (Wildman–Crippen MR) is 134 cm³/mol. The first-order valence-corrected chi connectivity index (χ1v) is 11.7. The van der Waals surface area contributed by atoms with E-state index in [9.17, 15) is 9.59 Å². The number of hydrogen-bond donors (Lipinski definition) is 1. The lowest BCUT2D eigenvalue weighted by Crippen LogP contribution is -2.21. The third-order valence-corrected chi connectivity index (χ3v) is 5.68. The van der Waals surface area contributed by atoms with Gasteiger partial charge in [-0.2, -0.15) is 0 Å². The zero-order valence-corrected chi connectivity index (χ0v) is 19.4. The van der Waals surface area contributed by atoms with Gasteiger partial charge in [-0.05, 0) is 25.1 Å². The van der Waals surface area contributed by atoms with Gasteiger partial charge in [-0.3, -0.25) is 9.59 Å². The number of thioether (sulfide) groups is 1. The lowest BCUT2D eigenvalue weighted by atomic mass is 10.1. The summed E-state index contributed by atoms with van der Waals surface area (Å²) in [5, 5.41) is 3.16. The van der Waals surface area contributed by atoms with Gasteiger partial charge >= 0.3 is 5.97 Å². The minimum Gasteiger partial charge on any atom is -0.455 e. The number of aromatic nitrogens is 2. The Labute approximate surface area is 202 Å². The molecule has 4 aromatic rings. The Morgan fingerprint density at radius 1 is 0.824 bits per heavy atom. The van der Waals surface area contributed by atoms with E-state index in [1.807, 2.05) is 85.8 Å². The van der Waals surface area contributed by atoms with Gasteiger partial charge in [0.25, 0.3) is 5.91 Å². The third kappa shape index (κ3) is 6.52. The molecule has 0 aliphatic carbocycles. The monoisotopic (exact) mass is 469 g/mol. The predicted octanol–water partition coefficient (Wildman–Crippen LogP) is 5.39. The standard InChI is InChI=1S/C27H23N3O3S/c1-19-12-14-22(15-13-19)28-25(31)17-33-26(32)18-34-27-29-23(20-8-4-2-5-9-20)16-24(30-27)21-10-6-3-7-11-21/h2-16H,17-18H2,1H3,(H,28,31). The molecule has 170 valence electrons. The van der Waals surface area contributed by atoms with E-state index in [0.717, 1.165) is 28.1 Å². The molecule has 0 aliphatic heterocycles. The number of aryl methyl sites for hydroxylation is 1. The van der Waals surface area contributed by atoms with Crippen LogP contribution < -0.4 is 5.32 Å². The van der Waals surface area contributed by atoms with Crippen molar-refractivity contribution in [3.8, 4) is 22.5 Å². The highest BCUT2D eigenvalue weighted by Gasteiger charge is 2.13. The fourth-order valence-corrected chi connectivity index (χ4v) is 3.80. The minimum absolute atomic E-state index is 0.00964. The van der Waals surface area contributed by atoms with Crippen molar-refractivity contribution < 1.29 is 14.3 Å². The molecule has 4 rings (SSSR count). The van der Waals surface area contributed by atoms with Crippen molar-refractivity contribution in [3.63, 3.8) is 0 Å². The number of anilines is 1. The summed E-state index contributed by atoms with van der Waals surface area (Å²) in [6.07, 6.45) is 0. The molecular formula is C27H23N3O3S. The number of nitrogens with one attached hydrogen (secondary N) is 1. The molecule has 0 radical (unpaired) electrons. The number of esters is 1. The molecule has 1 aromatic heterocycles. The summed E-state index contributed by atoms with van der Waals surface area (Å²) in [7, 11) is 0. The number of hydrogen-bond acceptors (Lipinski definition) is 6. The van der Waals surface area contributed by atoms with Crippen LogP contribution in [-0.2, 0) is 14.3 Å². The minimum atomic E-state index is -0.515. The largest absolute Gasteiger partial charge is 0.455 e. The maximum absolute atomic E-state index is 12.2. The molecular weight excluding hydrogens is 446 g/mol. The molecule has 0 bridgehead atoms. The van der Waals surface area contributed by atoms with Gasteiger partial charge in [-0.1, -0.05) is 90.1 Å². The van der Waals surface area contributed by atoms with E-state index in [2.05, 4.69) is 15.3 Å². The van der Waals surface area contributed by atoms with Crippen molar-refractivity contribution in [2.45, 2.75) is 12.1 Å². The van der Waals surface area contributed by atoms with Crippen LogP contribution in [0.5, 0.6) is 0 Å². The van der Waals surface area contributed by atoms with Gasteiger partial charge in [0.2, 0.25) is 0 Å². The summed E-state index contributed by atoms with van der Waals surface area (Å²) >= 11 is 1.17. The van der Waals surface area contributed by atoms with E-state index in [4.69, 9.17) is 4.74 Å². The van der Waals surface area contributed by atoms with Crippen LogP contribution in [0.15, 0.2) is 96.2 Å². The van der Waals surface area contributed by atoms with Crippen molar-refractivity contribution >= 4 is 29.3 Å². The van der Waals surface area contributed by atoms with Gasteiger partial charge in [-0.25, -0.2) is 9.97 Å². The summed E-state index contributed by atoms with van der Waals surface area (Å²) in [6.45, 7) is 1.61. The molecule has 0 saturated carbocycles. The zero-order chi connectivity index (χ0) is 23.8. The molecule has 0 saturated heterocycles. The maximum Gasteiger partial charge on any atom is 0.316 e. The van der Waals surface area contributed by atoms with Crippen molar-refractivity contribution in [1.29, 1.82) is 0 Å².